The summed E-state index contributed by atoms with van der Waals surface area (Å²) in [4.78, 5) is 10.5. The van der Waals surface area contributed by atoms with Gasteiger partial charge in [-0.25, -0.2) is 0 Å². The van der Waals surface area contributed by atoms with Crippen LogP contribution >= 0.6 is 11.6 Å². The van der Waals surface area contributed by atoms with Crippen LogP contribution in [0.1, 0.15) is 0 Å². The predicted molar refractivity (Wildman–Crippen MR) is 41.6 cm³/mol. The van der Waals surface area contributed by atoms with E-state index in [0.717, 1.165) is 0 Å². The number of halogens is 1. The SMILES string of the molecule is COCC(O)CNC(=O)CCl. The van der Waals surface area contributed by atoms with Crippen LogP contribution in [-0.2, 0) is 9.53 Å². The van der Waals surface area contributed by atoms with Gasteiger partial charge in [-0.2, -0.15) is 0 Å². The fraction of sp³-hybridized carbons (Fsp3) is 0.833. The number of hydrogen-bond acceptors (Lipinski definition) is 3. The zero-order valence-electron chi connectivity index (χ0n) is 6.34. The standard InChI is InChI=1S/C6H12ClNO3/c1-11-4-5(9)3-8-6(10)2-7/h5,9H,2-4H2,1H3,(H,8,10). The van der Waals surface area contributed by atoms with Gasteiger partial charge < -0.3 is 15.2 Å². The molecule has 1 unspecified atom stereocenters. The maximum absolute atomic E-state index is 10.5. The first-order chi connectivity index (χ1) is 5.20. The summed E-state index contributed by atoms with van der Waals surface area (Å²) in [5.41, 5.74) is 0. The number of ether oxygens (including phenoxy) is 1. The van der Waals surface area contributed by atoms with Crippen molar-refractivity contribution in [3.8, 4) is 0 Å². The van der Waals surface area contributed by atoms with E-state index in [-0.39, 0.29) is 24.9 Å². The van der Waals surface area contributed by atoms with Gasteiger partial charge in [-0.1, -0.05) is 0 Å². The molecule has 0 aliphatic rings. The molecule has 0 aromatic carbocycles. The number of aliphatic hydroxyl groups is 1. The molecule has 2 N–H and O–H groups in total. The van der Waals surface area contributed by atoms with Crippen molar-refractivity contribution in [3.63, 3.8) is 0 Å². The van der Waals surface area contributed by atoms with Gasteiger partial charge in [0.25, 0.3) is 0 Å². The summed E-state index contributed by atoms with van der Waals surface area (Å²) < 4.78 is 4.64. The number of hydrogen-bond donors (Lipinski definition) is 2. The molecule has 0 saturated heterocycles. The molecule has 0 bridgehead atoms. The lowest BCUT2D eigenvalue weighted by molar-refractivity contribution is -0.119. The summed E-state index contributed by atoms with van der Waals surface area (Å²) in [5.74, 6) is -0.374. The molecule has 0 aromatic rings. The lowest BCUT2D eigenvalue weighted by atomic mass is 10.4. The molecule has 1 atom stereocenters. The van der Waals surface area contributed by atoms with Gasteiger partial charge in [0.1, 0.15) is 5.88 Å². The van der Waals surface area contributed by atoms with Crippen molar-refractivity contribution >= 4 is 17.5 Å². The quantitative estimate of drug-likeness (QED) is 0.555. The average molecular weight is 182 g/mol. The molecule has 0 saturated carbocycles. The van der Waals surface area contributed by atoms with Crippen LogP contribution in [0.15, 0.2) is 0 Å². The molecule has 0 aromatic heterocycles. The number of amides is 1. The molecule has 11 heavy (non-hydrogen) atoms. The van der Waals surface area contributed by atoms with E-state index in [1.807, 2.05) is 0 Å². The summed E-state index contributed by atoms with van der Waals surface area (Å²) in [5, 5.41) is 11.4. The van der Waals surface area contributed by atoms with Crippen LogP contribution in [0.25, 0.3) is 0 Å². The highest BCUT2D eigenvalue weighted by molar-refractivity contribution is 6.27. The Bertz CT molecular complexity index is 120. The highest BCUT2D eigenvalue weighted by Gasteiger charge is 2.04. The number of carbonyl (C=O) groups is 1. The van der Waals surface area contributed by atoms with Crippen molar-refractivity contribution < 1.29 is 14.6 Å². The van der Waals surface area contributed by atoms with Crippen molar-refractivity contribution in [2.45, 2.75) is 6.10 Å². The minimum atomic E-state index is -0.660. The van der Waals surface area contributed by atoms with E-state index in [1.165, 1.54) is 7.11 Å². The Hall–Kier alpha value is -0.320. The zero-order chi connectivity index (χ0) is 8.69. The number of carbonyl (C=O) groups excluding carboxylic acids is 1. The Morgan fingerprint density at radius 2 is 2.45 bits per heavy atom. The van der Waals surface area contributed by atoms with E-state index in [4.69, 9.17) is 16.7 Å². The van der Waals surface area contributed by atoms with Gasteiger partial charge in [0.2, 0.25) is 5.91 Å². The molecule has 0 aliphatic heterocycles. The number of rotatable bonds is 5. The Kier molecular flexibility index (Phi) is 6.21. The van der Waals surface area contributed by atoms with Crippen LogP contribution in [-0.4, -0.2) is 43.3 Å². The van der Waals surface area contributed by atoms with Crippen molar-refractivity contribution in [3.05, 3.63) is 0 Å². The first kappa shape index (κ1) is 10.7. The lowest BCUT2D eigenvalue weighted by Crippen LogP contribution is -2.34. The van der Waals surface area contributed by atoms with Gasteiger partial charge in [-0.05, 0) is 0 Å². The fourth-order valence-electron chi connectivity index (χ4n) is 0.530. The first-order valence-electron chi connectivity index (χ1n) is 3.20. The fourth-order valence-corrected chi connectivity index (χ4v) is 0.625. The van der Waals surface area contributed by atoms with Crippen LogP contribution in [0, 0.1) is 0 Å². The molecule has 0 fully saturated rings. The summed E-state index contributed by atoms with van der Waals surface area (Å²) in [6, 6.07) is 0. The van der Waals surface area contributed by atoms with E-state index in [1.54, 1.807) is 0 Å². The van der Waals surface area contributed by atoms with Crippen molar-refractivity contribution in [2.75, 3.05) is 26.1 Å². The maximum Gasteiger partial charge on any atom is 0.235 e. The van der Waals surface area contributed by atoms with E-state index in [2.05, 4.69) is 10.1 Å². The van der Waals surface area contributed by atoms with Gasteiger partial charge in [0.05, 0.1) is 12.7 Å². The van der Waals surface area contributed by atoms with Gasteiger partial charge in [-0.3, -0.25) is 4.79 Å². The van der Waals surface area contributed by atoms with Crippen LogP contribution in [0.4, 0.5) is 0 Å². The van der Waals surface area contributed by atoms with Crippen LogP contribution in [0.2, 0.25) is 0 Å². The largest absolute Gasteiger partial charge is 0.389 e. The molecular formula is C6H12ClNO3. The molecule has 0 heterocycles. The third kappa shape index (κ3) is 6.09. The smallest absolute Gasteiger partial charge is 0.235 e. The molecule has 4 nitrogen and oxygen atoms in total. The maximum atomic E-state index is 10.5. The second kappa shape index (κ2) is 6.39. The molecule has 66 valence electrons. The number of nitrogens with one attached hydrogen (secondary N) is 1. The van der Waals surface area contributed by atoms with Crippen LogP contribution in [0.3, 0.4) is 0 Å². The summed E-state index contributed by atoms with van der Waals surface area (Å²) in [7, 11) is 1.48. The molecule has 0 rings (SSSR count). The summed E-state index contributed by atoms with van der Waals surface area (Å²) in [6.45, 7) is 0.391. The lowest BCUT2D eigenvalue weighted by Gasteiger charge is -2.09. The average Bonchev–Trinajstić information content (AvgIpc) is 2.01. The minimum absolute atomic E-state index is 0.0836. The van der Waals surface area contributed by atoms with Crippen LogP contribution < -0.4 is 5.32 Å². The predicted octanol–water partition coefficient (Wildman–Crippen LogP) is -0.651. The van der Waals surface area contributed by atoms with E-state index < -0.39 is 6.10 Å². The highest BCUT2D eigenvalue weighted by atomic mass is 35.5. The molecule has 0 radical (unpaired) electrons. The topological polar surface area (TPSA) is 58.6 Å². The molecule has 1 amide bonds. The summed E-state index contributed by atoms with van der Waals surface area (Å²) in [6.07, 6.45) is -0.660. The Morgan fingerprint density at radius 3 is 2.91 bits per heavy atom. The second-order valence-electron chi connectivity index (χ2n) is 2.05. The van der Waals surface area contributed by atoms with Crippen LogP contribution in [0.5, 0.6) is 0 Å². The van der Waals surface area contributed by atoms with Gasteiger partial charge in [0.15, 0.2) is 0 Å². The number of aliphatic hydroxyl groups excluding tert-OH is 1. The molecule has 5 heteroatoms. The van der Waals surface area contributed by atoms with Gasteiger partial charge in [0, 0.05) is 13.7 Å². The zero-order valence-corrected chi connectivity index (χ0v) is 7.10. The van der Waals surface area contributed by atoms with E-state index in [9.17, 15) is 4.79 Å². The number of methoxy groups -OCH3 is 1. The summed E-state index contributed by atoms with van der Waals surface area (Å²) >= 11 is 5.19. The normalized spacial score (nSPS) is 12.6. The Labute approximate surface area is 70.5 Å². The van der Waals surface area contributed by atoms with E-state index >= 15 is 0 Å². The van der Waals surface area contributed by atoms with Crippen molar-refractivity contribution in [1.29, 1.82) is 0 Å². The van der Waals surface area contributed by atoms with Crippen molar-refractivity contribution in [2.24, 2.45) is 0 Å². The number of alkyl halides is 1. The Balaban J connectivity index is 3.29. The second-order valence-corrected chi connectivity index (χ2v) is 2.31. The van der Waals surface area contributed by atoms with Gasteiger partial charge >= 0.3 is 0 Å². The minimum Gasteiger partial charge on any atom is -0.389 e. The highest BCUT2D eigenvalue weighted by Crippen LogP contribution is 1.81. The first-order valence-corrected chi connectivity index (χ1v) is 3.73. The third-order valence-electron chi connectivity index (χ3n) is 1.02. The third-order valence-corrected chi connectivity index (χ3v) is 1.26. The Morgan fingerprint density at radius 1 is 1.82 bits per heavy atom. The molecule has 0 spiro atoms. The molecular weight excluding hydrogens is 170 g/mol. The molecule has 0 aliphatic carbocycles. The van der Waals surface area contributed by atoms with Crippen molar-refractivity contribution in [1.82, 2.24) is 5.32 Å². The van der Waals surface area contributed by atoms with Gasteiger partial charge in [-0.15, -0.1) is 11.6 Å². The van der Waals surface area contributed by atoms with E-state index in [0.29, 0.717) is 0 Å². The monoisotopic (exact) mass is 181 g/mol.